The average molecular weight is 481 g/mol. The summed E-state index contributed by atoms with van der Waals surface area (Å²) in [5.41, 5.74) is 4.59. The summed E-state index contributed by atoms with van der Waals surface area (Å²) in [5, 5.41) is 24.2. The lowest BCUT2D eigenvalue weighted by molar-refractivity contribution is -0.383. The first kappa shape index (κ1) is 23.7. The van der Waals surface area contributed by atoms with Crippen molar-refractivity contribution in [2.75, 3.05) is 11.1 Å². The van der Waals surface area contributed by atoms with Crippen LogP contribution in [0.2, 0.25) is 0 Å². The number of nitrogens with one attached hydrogen (secondary N) is 1. The van der Waals surface area contributed by atoms with E-state index in [1.165, 1.54) is 18.2 Å². The topological polar surface area (TPSA) is 109 Å². The van der Waals surface area contributed by atoms with Crippen molar-refractivity contribution in [3.63, 3.8) is 0 Å². The number of hydrogen-bond acceptors (Lipinski definition) is 6. The molecular formula is C27H20N4O3S. The third kappa shape index (κ3) is 5.54. The molecule has 0 bridgehead atoms. The van der Waals surface area contributed by atoms with Gasteiger partial charge in [0.2, 0.25) is 5.91 Å². The van der Waals surface area contributed by atoms with Gasteiger partial charge in [0.1, 0.15) is 16.8 Å². The van der Waals surface area contributed by atoms with E-state index in [0.29, 0.717) is 16.3 Å². The molecule has 0 spiro atoms. The van der Waals surface area contributed by atoms with Gasteiger partial charge >= 0.3 is 0 Å². The third-order valence-corrected chi connectivity index (χ3v) is 6.22. The molecule has 3 aromatic carbocycles. The molecule has 0 radical (unpaired) electrons. The summed E-state index contributed by atoms with van der Waals surface area (Å²) < 4.78 is 0. The highest BCUT2D eigenvalue weighted by Crippen LogP contribution is 2.34. The summed E-state index contributed by atoms with van der Waals surface area (Å²) >= 11 is 1.12. The van der Waals surface area contributed by atoms with E-state index in [1.807, 2.05) is 67.6 Å². The van der Waals surface area contributed by atoms with Crippen LogP contribution in [0.25, 0.3) is 22.4 Å². The molecule has 0 saturated carbocycles. The lowest BCUT2D eigenvalue weighted by Gasteiger charge is -2.13. The zero-order valence-electron chi connectivity index (χ0n) is 18.8. The van der Waals surface area contributed by atoms with Gasteiger partial charge in [-0.05, 0) is 24.6 Å². The Balaban J connectivity index is 1.68. The van der Waals surface area contributed by atoms with Crippen LogP contribution in [0.5, 0.6) is 0 Å². The first-order valence-corrected chi connectivity index (χ1v) is 11.7. The van der Waals surface area contributed by atoms with Crippen molar-refractivity contribution in [3.8, 4) is 28.5 Å². The Kier molecular flexibility index (Phi) is 7.19. The molecule has 0 unspecified atom stereocenters. The maximum absolute atomic E-state index is 12.6. The van der Waals surface area contributed by atoms with Gasteiger partial charge in [-0.15, -0.1) is 0 Å². The Morgan fingerprint density at radius 3 is 2.40 bits per heavy atom. The van der Waals surface area contributed by atoms with E-state index in [2.05, 4.69) is 11.4 Å². The zero-order chi connectivity index (χ0) is 24.8. The van der Waals surface area contributed by atoms with Gasteiger partial charge < -0.3 is 5.32 Å². The number of nitro benzene ring substituents is 1. The number of amides is 1. The Bertz CT molecular complexity index is 1430. The van der Waals surface area contributed by atoms with Crippen molar-refractivity contribution in [1.29, 1.82) is 5.26 Å². The second-order valence-corrected chi connectivity index (χ2v) is 8.65. The molecule has 1 amide bonds. The number of aryl methyl sites for hydroxylation is 1. The van der Waals surface area contributed by atoms with Crippen LogP contribution in [0.15, 0.2) is 90.0 Å². The van der Waals surface area contributed by atoms with Crippen molar-refractivity contribution >= 4 is 29.0 Å². The number of para-hydroxylation sites is 2. The van der Waals surface area contributed by atoms with Gasteiger partial charge in [-0.1, -0.05) is 84.1 Å². The normalized spacial score (nSPS) is 10.4. The summed E-state index contributed by atoms with van der Waals surface area (Å²) in [4.78, 5) is 28.0. The number of carbonyl (C=O) groups is 1. The lowest BCUT2D eigenvalue weighted by atomic mass is 9.99. The van der Waals surface area contributed by atoms with Crippen LogP contribution in [0.1, 0.15) is 11.1 Å². The minimum atomic E-state index is -0.546. The fourth-order valence-corrected chi connectivity index (χ4v) is 4.31. The number of nitro groups is 1. The first-order valence-electron chi connectivity index (χ1n) is 10.7. The number of hydrogen-bond donors (Lipinski definition) is 1. The van der Waals surface area contributed by atoms with Crippen molar-refractivity contribution < 1.29 is 9.72 Å². The molecule has 1 N–H and O–H groups in total. The van der Waals surface area contributed by atoms with Crippen molar-refractivity contribution in [1.82, 2.24) is 4.98 Å². The number of aromatic nitrogens is 1. The highest BCUT2D eigenvalue weighted by molar-refractivity contribution is 8.00. The third-order valence-electron chi connectivity index (χ3n) is 5.25. The lowest BCUT2D eigenvalue weighted by Crippen LogP contribution is -2.15. The number of pyridine rings is 1. The predicted molar refractivity (Wildman–Crippen MR) is 137 cm³/mol. The maximum Gasteiger partial charge on any atom is 0.292 e. The van der Waals surface area contributed by atoms with E-state index in [-0.39, 0.29) is 17.1 Å². The summed E-state index contributed by atoms with van der Waals surface area (Å²) in [5.74, 6) is -0.503. The smallest absolute Gasteiger partial charge is 0.292 e. The average Bonchev–Trinajstić information content (AvgIpc) is 2.88. The predicted octanol–water partition coefficient (Wildman–Crippen LogP) is 6.23. The monoisotopic (exact) mass is 480 g/mol. The van der Waals surface area contributed by atoms with Crippen LogP contribution >= 0.6 is 11.8 Å². The second-order valence-electron chi connectivity index (χ2n) is 7.69. The van der Waals surface area contributed by atoms with E-state index in [4.69, 9.17) is 4.98 Å². The summed E-state index contributed by atoms with van der Waals surface area (Å²) in [6.45, 7) is 2.00. The first-order chi connectivity index (χ1) is 17.0. The van der Waals surface area contributed by atoms with Gasteiger partial charge in [-0.3, -0.25) is 14.9 Å². The van der Waals surface area contributed by atoms with Crippen molar-refractivity contribution in [2.24, 2.45) is 0 Å². The van der Waals surface area contributed by atoms with Crippen LogP contribution < -0.4 is 5.32 Å². The Hall–Kier alpha value is -4.48. The molecule has 0 aliphatic rings. The molecule has 4 aromatic rings. The van der Waals surface area contributed by atoms with Gasteiger partial charge in [0.05, 0.1) is 21.9 Å². The van der Waals surface area contributed by atoms with Gasteiger partial charge in [0, 0.05) is 17.2 Å². The Morgan fingerprint density at radius 1 is 1.03 bits per heavy atom. The standard InChI is InChI=1S/C27H20N4O3S/c1-18-11-13-20(14-12-18)24-15-21(19-7-3-2-4-8-19)22(16-28)27(30-24)35-17-26(32)29-23-9-5-6-10-25(23)31(33)34/h2-15H,17H2,1H3,(H,29,32). The Morgan fingerprint density at radius 2 is 1.71 bits per heavy atom. The van der Waals surface area contributed by atoms with E-state index >= 15 is 0 Å². The van der Waals surface area contributed by atoms with Crippen LogP contribution in [-0.4, -0.2) is 21.6 Å². The van der Waals surface area contributed by atoms with E-state index in [1.54, 1.807) is 6.07 Å². The number of benzene rings is 3. The quantitative estimate of drug-likeness (QED) is 0.191. The van der Waals surface area contributed by atoms with Crippen LogP contribution in [0.3, 0.4) is 0 Å². The fraction of sp³-hybridized carbons (Fsp3) is 0.0741. The highest BCUT2D eigenvalue weighted by Gasteiger charge is 2.19. The number of rotatable bonds is 7. The Labute approximate surface area is 206 Å². The van der Waals surface area contributed by atoms with Crippen LogP contribution in [0.4, 0.5) is 11.4 Å². The van der Waals surface area contributed by atoms with Gasteiger partial charge in [-0.2, -0.15) is 5.26 Å². The van der Waals surface area contributed by atoms with E-state index < -0.39 is 10.8 Å². The fourth-order valence-electron chi connectivity index (χ4n) is 3.51. The molecule has 0 fully saturated rings. The molecule has 172 valence electrons. The minimum absolute atomic E-state index is 0.0701. The molecule has 35 heavy (non-hydrogen) atoms. The van der Waals surface area contributed by atoms with Crippen LogP contribution in [-0.2, 0) is 4.79 Å². The molecule has 1 aromatic heterocycles. The number of nitrogens with zero attached hydrogens (tertiary/aromatic N) is 3. The number of thioether (sulfide) groups is 1. The van der Waals surface area contributed by atoms with E-state index in [0.717, 1.165) is 34.0 Å². The number of anilines is 1. The van der Waals surface area contributed by atoms with Crippen molar-refractivity contribution in [3.05, 3.63) is 106 Å². The molecule has 7 nitrogen and oxygen atoms in total. The van der Waals surface area contributed by atoms with Crippen LogP contribution in [0, 0.1) is 28.4 Å². The van der Waals surface area contributed by atoms with E-state index in [9.17, 15) is 20.2 Å². The molecule has 0 aliphatic carbocycles. The molecular weight excluding hydrogens is 460 g/mol. The molecule has 1 heterocycles. The molecule has 0 saturated heterocycles. The van der Waals surface area contributed by atoms with Gasteiger partial charge in [0.15, 0.2) is 0 Å². The van der Waals surface area contributed by atoms with Crippen molar-refractivity contribution in [2.45, 2.75) is 11.9 Å². The molecule has 0 atom stereocenters. The zero-order valence-corrected chi connectivity index (χ0v) is 19.6. The SMILES string of the molecule is Cc1ccc(-c2cc(-c3ccccc3)c(C#N)c(SCC(=O)Nc3ccccc3[N+](=O)[O-])n2)cc1. The highest BCUT2D eigenvalue weighted by atomic mass is 32.2. The maximum atomic E-state index is 12.6. The number of nitriles is 1. The molecule has 8 heteroatoms. The largest absolute Gasteiger partial charge is 0.320 e. The molecule has 0 aliphatic heterocycles. The summed E-state index contributed by atoms with van der Waals surface area (Å²) in [6.07, 6.45) is 0. The summed E-state index contributed by atoms with van der Waals surface area (Å²) in [7, 11) is 0. The van der Waals surface area contributed by atoms with Gasteiger partial charge in [0.25, 0.3) is 5.69 Å². The summed E-state index contributed by atoms with van der Waals surface area (Å²) in [6, 6.07) is 27.5. The van der Waals surface area contributed by atoms with Gasteiger partial charge in [-0.25, -0.2) is 4.98 Å². The number of carbonyl (C=O) groups excluding carboxylic acids is 1. The second kappa shape index (κ2) is 10.6. The molecule has 4 rings (SSSR count). The minimum Gasteiger partial charge on any atom is -0.320 e.